The Balaban J connectivity index is 1.67. The Kier molecular flexibility index (Phi) is 6.13. The first-order chi connectivity index (χ1) is 15.3. The first-order valence-electron chi connectivity index (χ1n) is 10.2. The third kappa shape index (κ3) is 5.25. The molecule has 0 bridgehead atoms. The number of aromatic nitrogens is 3. The maximum absolute atomic E-state index is 12.4. The predicted molar refractivity (Wildman–Crippen MR) is 116 cm³/mol. The van der Waals surface area contributed by atoms with Crippen LogP contribution in [0.5, 0.6) is 5.88 Å². The van der Waals surface area contributed by atoms with Gasteiger partial charge in [0.2, 0.25) is 11.8 Å². The summed E-state index contributed by atoms with van der Waals surface area (Å²) in [5.74, 6) is 0.493. The number of halogens is 3. The van der Waals surface area contributed by atoms with Crippen molar-refractivity contribution in [2.45, 2.75) is 25.1 Å². The monoisotopic (exact) mass is 444 g/mol. The molecule has 3 heterocycles. The topological polar surface area (TPSA) is 103 Å². The molecule has 1 fully saturated rings. The quantitative estimate of drug-likeness (QED) is 0.579. The van der Waals surface area contributed by atoms with Gasteiger partial charge in [-0.1, -0.05) is 12.1 Å². The third-order valence-electron chi connectivity index (χ3n) is 5.21. The Bertz CT molecular complexity index is 1050. The Hall–Kier alpha value is -3.40. The van der Waals surface area contributed by atoms with Crippen molar-refractivity contribution in [3.63, 3.8) is 0 Å². The molecule has 0 aliphatic carbocycles. The van der Waals surface area contributed by atoms with E-state index in [0.29, 0.717) is 28.5 Å². The maximum Gasteiger partial charge on any atom is 0.422 e. The van der Waals surface area contributed by atoms with Crippen molar-refractivity contribution in [1.82, 2.24) is 15.0 Å². The number of nitrogens with zero attached hydrogens (tertiary/aromatic N) is 4. The zero-order valence-electron chi connectivity index (χ0n) is 17.2. The minimum Gasteiger partial charge on any atom is -0.468 e. The number of hydrogen-bond acceptors (Lipinski definition) is 7. The lowest BCUT2D eigenvalue weighted by atomic mass is 10.0. The summed E-state index contributed by atoms with van der Waals surface area (Å²) in [7, 11) is 0. The number of anilines is 2. The van der Waals surface area contributed by atoms with Crippen LogP contribution in [0, 0.1) is 0 Å². The number of ether oxygens (including phenoxy) is 1. The van der Waals surface area contributed by atoms with E-state index in [1.807, 2.05) is 12.1 Å². The molecule has 0 unspecified atom stereocenters. The van der Waals surface area contributed by atoms with Crippen LogP contribution in [-0.2, 0) is 0 Å². The number of piperidine rings is 1. The smallest absolute Gasteiger partial charge is 0.422 e. The highest BCUT2D eigenvalue weighted by Gasteiger charge is 2.28. The van der Waals surface area contributed by atoms with E-state index in [1.54, 1.807) is 24.4 Å². The summed E-state index contributed by atoms with van der Waals surface area (Å²) in [4.78, 5) is 15.5. The summed E-state index contributed by atoms with van der Waals surface area (Å²) in [6, 6.07) is 10.5. The third-order valence-corrected chi connectivity index (χ3v) is 5.21. The van der Waals surface area contributed by atoms with Crippen LogP contribution in [0.25, 0.3) is 22.4 Å². The molecular formula is C22H23F3N6O. The summed E-state index contributed by atoms with van der Waals surface area (Å²) in [5.41, 5.74) is 15.3. The number of nitrogens with two attached hydrogens (primary N) is 2. The van der Waals surface area contributed by atoms with Crippen LogP contribution in [0.3, 0.4) is 0 Å². The minimum atomic E-state index is -4.43. The fourth-order valence-electron chi connectivity index (χ4n) is 3.48. The zero-order chi connectivity index (χ0) is 22.7. The molecule has 0 radical (unpaired) electrons. The van der Waals surface area contributed by atoms with Gasteiger partial charge < -0.3 is 21.1 Å². The van der Waals surface area contributed by atoms with Gasteiger partial charge in [-0.25, -0.2) is 15.0 Å². The summed E-state index contributed by atoms with van der Waals surface area (Å²) >= 11 is 0. The van der Waals surface area contributed by atoms with E-state index in [1.165, 1.54) is 12.3 Å². The Morgan fingerprint density at radius 3 is 2.28 bits per heavy atom. The number of hydrogen-bond donors (Lipinski definition) is 2. The maximum atomic E-state index is 12.4. The van der Waals surface area contributed by atoms with Crippen molar-refractivity contribution in [1.29, 1.82) is 0 Å². The average Bonchev–Trinajstić information content (AvgIpc) is 2.78. The van der Waals surface area contributed by atoms with Crippen LogP contribution in [0.15, 0.2) is 48.8 Å². The summed E-state index contributed by atoms with van der Waals surface area (Å²) in [6.45, 7) is 0.149. The van der Waals surface area contributed by atoms with Gasteiger partial charge in [-0.2, -0.15) is 13.2 Å². The van der Waals surface area contributed by atoms with Crippen LogP contribution in [0.2, 0.25) is 0 Å². The molecule has 2 aromatic heterocycles. The molecule has 3 aromatic rings. The van der Waals surface area contributed by atoms with E-state index in [2.05, 4.69) is 14.9 Å². The Labute approximate surface area is 183 Å². The molecule has 1 saturated heterocycles. The lowest BCUT2D eigenvalue weighted by Crippen LogP contribution is -2.40. The van der Waals surface area contributed by atoms with E-state index in [0.717, 1.165) is 31.5 Å². The molecule has 32 heavy (non-hydrogen) atoms. The first-order valence-corrected chi connectivity index (χ1v) is 10.2. The van der Waals surface area contributed by atoms with Gasteiger partial charge in [-0.05, 0) is 31.0 Å². The number of nitrogen functional groups attached to an aromatic ring is 1. The molecule has 0 amide bonds. The lowest BCUT2D eigenvalue weighted by Gasteiger charge is -2.30. The normalized spacial score (nSPS) is 15.1. The molecule has 168 valence electrons. The van der Waals surface area contributed by atoms with E-state index in [4.69, 9.17) is 21.2 Å². The van der Waals surface area contributed by atoms with Crippen LogP contribution >= 0.6 is 0 Å². The van der Waals surface area contributed by atoms with Crippen molar-refractivity contribution in [3.05, 3.63) is 48.8 Å². The molecule has 4 N–H and O–H groups in total. The SMILES string of the molecule is Nc1ccc(-c2nc(N3CCC(N)CC3)ncc2-c2ccc(OCC(F)(F)F)nc2)cc1. The minimum absolute atomic E-state index is 0.109. The molecule has 0 atom stereocenters. The Morgan fingerprint density at radius 2 is 1.66 bits per heavy atom. The van der Waals surface area contributed by atoms with Gasteiger partial charge in [0, 0.05) is 60.0 Å². The molecular weight excluding hydrogens is 421 g/mol. The first kappa shape index (κ1) is 21.8. The highest BCUT2D eigenvalue weighted by Crippen LogP contribution is 2.32. The number of pyridine rings is 1. The van der Waals surface area contributed by atoms with Crippen molar-refractivity contribution in [3.8, 4) is 28.3 Å². The van der Waals surface area contributed by atoms with Crippen molar-refractivity contribution >= 4 is 11.6 Å². The van der Waals surface area contributed by atoms with E-state index < -0.39 is 12.8 Å². The van der Waals surface area contributed by atoms with Crippen LogP contribution in [-0.4, -0.2) is 46.9 Å². The number of rotatable bonds is 5. The van der Waals surface area contributed by atoms with Gasteiger partial charge in [-0.3, -0.25) is 0 Å². The van der Waals surface area contributed by atoms with Gasteiger partial charge in [0.05, 0.1) is 5.69 Å². The molecule has 10 heteroatoms. The largest absolute Gasteiger partial charge is 0.468 e. The van der Waals surface area contributed by atoms with Gasteiger partial charge in [0.15, 0.2) is 6.61 Å². The van der Waals surface area contributed by atoms with E-state index >= 15 is 0 Å². The van der Waals surface area contributed by atoms with E-state index in [9.17, 15) is 13.2 Å². The lowest BCUT2D eigenvalue weighted by molar-refractivity contribution is -0.154. The van der Waals surface area contributed by atoms with Crippen molar-refractivity contribution in [2.24, 2.45) is 5.73 Å². The molecule has 1 aliphatic heterocycles. The molecule has 0 saturated carbocycles. The molecule has 1 aromatic carbocycles. The van der Waals surface area contributed by atoms with E-state index in [-0.39, 0.29) is 11.9 Å². The van der Waals surface area contributed by atoms with Gasteiger partial charge in [0.25, 0.3) is 0 Å². The number of benzene rings is 1. The van der Waals surface area contributed by atoms with Crippen LogP contribution in [0.4, 0.5) is 24.8 Å². The van der Waals surface area contributed by atoms with Crippen molar-refractivity contribution < 1.29 is 17.9 Å². The summed E-state index contributed by atoms with van der Waals surface area (Å²) in [5, 5.41) is 0. The summed E-state index contributed by atoms with van der Waals surface area (Å²) in [6.07, 6.45) is 0.461. The Morgan fingerprint density at radius 1 is 0.969 bits per heavy atom. The van der Waals surface area contributed by atoms with Crippen molar-refractivity contribution in [2.75, 3.05) is 30.3 Å². The molecule has 7 nitrogen and oxygen atoms in total. The van der Waals surface area contributed by atoms with Crippen LogP contribution < -0.4 is 21.1 Å². The highest BCUT2D eigenvalue weighted by molar-refractivity contribution is 5.81. The second-order valence-electron chi connectivity index (χ2n) is 7.67. The highest BCUT2D eigenvalue weighted by atomic mass is 19.4. The second kappa shape index (κ2) is 8.99. The predicted octanol–water partition coefficient (Wildman–Crippen LogP) is 3.66. The fraction of sp³-hybridized carbons (Fsp3) is 0.318. The second-order valence-corrected chi connectivity index (χ2v) is 7.67. The standard InChI is InChI=1S/C22H23F3N6O/c23-22(24,25)13-32-19-6-3-15(11-28-19)18-12-29-21(31-9-7-17(27)8-10-31)30-20(18)14-1-4-16(26)5-2-14/h1-6,11-12,17H,7-10,13,26-27H2. The molecule has 4 rings (SSSR count). The van der Waals surface area contributed by atoms with Gasteiger partial charge in [0.1, 0.15) is 0 Å². The molecule has 0 spiro atoms. The summed E-state index contributed by atoms with van der Waals surface area (Å²) < 4.78 is 41.8. The zero-order valence-corrected chi connectivity index (χ0v) is 17.2. The van der Waals surface area contributed by atoms with Gasteiger partial charge in [-0.15, -0.1) is 0 Å². The molecule has 1 aliphatic rings. The van der Waals surface area contributed by atoms with Gasteiger partial charge >= 0.3 is 6.18 Å². The van der Waals surface area contributed by atoms with Crippen LogP contribution in [0.1, 0.15) is 12.8 Å². The average molecular weight is 444 g/mol. The fourth-order valence-corrected chi connectivity index (χ4v) is 3.48. The number of alkyl halides is 3.